The molecular formula is C23H30N6O. The van der Waals surface area contributed by atoms with Gasteiger partial charge in [0.15, 0.2) is 0 Å². The Labute approximate surface area is 178 Å². The lowest BCUT2D eigenvalue weighted by molar-refractivity contribution is -0.137. The van der Waals surface area contributed by atoms with Crippen LogP contribution in [-0.2, 0) is 17.8 Å². The first-order chi connectivity index (χ1) is 14.7. The van der Waals surface area contributed by atoms with Crippen LogP contribution in [0.4, 0.5) is 0 Å². The molecule has 1 unspecified atom stereocenters. The number of carbonyl (C=O) groups excluding carboxylic acids is 1. The van der Waals surface area contributed by atoms with Gasteiger partial charge in [-0.05, 0) is 31.4 Å². The highest BCUT2D eigenvalue weighted by Gasteiger charge is 2.34. The summed E-state index contributed by atoms with van der Waals surface area (Å²) in [5.74, 6) is 0.280. The van der Waals surface area contributed by atoms with Gasteiger partial charge in [0.25, 0.3) is 0 Å². The Hall–Kier alpha value is -2.38. The summed E-state index contributed by atoms with van der Waals surface area (Å²) in [6, 6.07) is 5.40. The highest BCUT2D eigenvalue weighted by molar-refractivity contribution is 5.78. The van der Waals surface area contributed by atoms with E-state index in [0.717, 1.165) is 56.1 Å². The number of piperazine rings is 1. The first kappa shape index (κ1) is 19.6. The van der Waals surface area contributed by atoms with Crippen LogP contribution in [-0.4, -0.2) is 80.4 Å². The molecule has 3 aliphatic rings. The molecule has 30 heavy (non-hydrogen) atoms. The van der Waals surface area contributed by atoms with E-state index < -0.39 is 0 Å². The molecule has 0 radical (unpaired) electrons. The molecule has 2 atom stereocenters. The van der Waals surface area contributed by atoms with E-state index in [0.29, 0.717) is 18.6 Å². The molecule has 7 nitrogen and oxygen atoms in total. The van der Waals surface area contributed by atoms with Crippen molar-refractivity contribution in [2.45, 2.75) is 51.2 Å². The van der Waals surface area contributed by atoms with E-state index in [9.17, 15) is 4.79 Å². The van der Waals surface area contributed by atoms with Crippen molar-refractivity contribution in [3.05, 3.63) is 42.1 Å². The third kappa shape index (κ3) is 3.96. The summed E-state index contributed by atoms with van der Waals surface area (Å²) in [5, 5.41) is 0. The van der Waals surface area contributed by atoms with Crippen molar-refractivity contribution in [2.75, 3.05) is 32.7 Å². The number of aromatic nitrogens is 3. The molecule has 0 N–H and O–H groups in total. The maximum atomic E-state index is 13.0. The van der Waals surface area contributed by atoms with Crippen LogP contribution in [0.5, 0.6) is 0 Å². The SMILES string of the molecule is CC1CCC[C@H]2CN(C(=O)CN3CCc4nc(-c5cncnc5)ccc4C3)CCN12. The van der Waals surface area contributed by atoms with E-state index >= 15 is 0 Å². The summed E-state index contributed by atoms with van der Waals surface area (Å²) in [7, 11) is 0. The van der Waals surface area contributed by atoms with E-state index in [-0.39, 0.29) is 5.91 Å². The van der Waals surface area contributed by atoms with Crippen LogP contribution in [0.15, 0.2) is 30.9 Å². The predicted octanol–water partition coefficient (Wildman–Crippen LogP) is 1.98. The molecule has 2 aromatic heterocycles. The quantitative estimate of drug-likeness (QED) is 0.777. The molecule has 0 aliphatic carbocycles. The second kappa shape index (κ2) is 8.40. The second-order valence-corrected chi connectivity index (χ2v) is 8.90. The number of amides is 1. The Morgan fingerprint density at radius 1 is 1.13 bits per heavy atom. The topological polar surface area (TPSA) is 65.5 Å². The van der Waals surface area contributed by atoms with Crippen molar-refractivity contribution in [1.82, 2.24) is 29.7 Å². The van der Waals surface area contributed by atoms with Crippen molar-refractivity contribution in [1.29, 1.82) is 0 Å². The number of fused-ring (bicyclic) bond motifs is 2. The molecule has 0 saturated carbocycles. The normalized spacial score (nSPS) is 24.9. The molecule has 0 aromatic carbocycles. The lowest BCUT2D eigenvalue weighted by atomic mass is 9.94. The van der Waals surface area contributed by atoms with Gasteiger partial charge in [0.1, 0.15) is 6.33 Å². The Kier molecular flexibility index (Phi) is 5.48. The van der Waals surface area contributed by atoms with Gasteiger partial charge in [0.05, 0.1) is 12.2 Å². The van der Waals surface area contributed by atoms with Gasteiger partial charge in [-0.1, -0.05) is 12.5 Å². The highest BCUT2D eigenvalue weighted by atomic mass is 16.2. The highest BCUT2D eigenvalue weighted by Crippen LogP contribution is 2.26. The third-order valence-corrected chi connectivity index (χ3v) is 6.95. The van der Waals surface area contributed by atoms with E-state index in [4.69, 9.17) is 4.98 Å². The van der Waals surface area contributed by atoms with Crippen molar-refractivity contribution in [2.24, 2.45) is 0 Å². The van der Waals surface area contributed by atoms with Crippen LogP contribution in [0.2, 0.25) is 0 Å². The molecule has 5 rings (SSSR count). The average Bonchev–Trinajstić information content (AvgIpc) is 2.79. The van der Waals surface area contributed by atoms with Crippen LogP contribution in [0, 0.1) is 0 Å². The Morgan fingerprint density at radius 3 is 2.87 bits per heavy atom. The fraction of sp³-hybridized carbons (Fsp3) is 0.565. The molecule has 0 bridgehead atoms. The van der Waals surface area contributed by atoms with Gasteiger partial charge >= 0.3 is 0 Å². The molecule has 158 valence electrons. The summed E-state index contributed by atoms with van der Waals surface area (Å²) >= 11 is 0. The maximum absolute atomic E-state index is 13.0. The minimum Gasteiger partial charge on any atom is -0.339 e. The average molecular weight is 407 g/mol. The summed E-state index contributed by atoms with van der Waals surface area (Å²) in [6.07, 6.45) is 9.81. The monoisotopic (exact) mass is 406 g/mol. The van der Waals surface area contributed by atoms with Gasteiger partial charge in [0, 0.05) is 74.9 Å². The van der Waals surface area contributed by atoms with Crippen molar-refractivity contribution >= 4 is 5.91 Å². The fourth-order valence-corrected chi connectivity index (χ4v) is 5.24. The number of nitrogens with zero attached hydrogens (tertiary/aromatic N) is 6. The molecule has 5 heterocycles. The number of carbonyl (C=O) groups is 1. The molecule has 0 spiro atoms. The predicted molar refractivity (Wildman–Crippen MR) is 115 cm³/mol. The van der Waals surface area contributed by atoms with Gasteiger partial charge in [-0.2, -0.15) is 0 Å². The fourth-order valence-electron chi connectivity index (χ4n) is 5.24. The van der Waals surface area contributed by atoms with Gasteiger partial charge in [-0.3, -0.25) is 19.6 Å². The summed E-state index contributed by atoms with van der Waals surface area (Å²) in [6.45, 7) is 7.30. The summed E-state index contributed by atoms with van der Waals surface area (Å²) in [4.78, 5) is 33.0. The first-order valence-corrected chi connectivity index (χ1v) is 11.2. The van der Waals surface area contributed by atoms with Gasteiger partial charge in [0.2, 0.25) is 5.91 Å². The summed E-state index contributed by atoms with van der Waals surface area (Å²) in [5.41, 5.74) is 4.21. The van der Waals surface area contributed by atoms with Crippen LogP contribution in [0.1, 0.15) is 37.4 Å². The number of hydrogen-bond acceptors (Lipinski definition) is 6. The zero-order chi connectivity index (χ0) is 20.5. The molecular weight excluding hydrogens is 376 g/mol. The zero-order valence-corrected chi connectivity index (χ0v) is 17.7. The molecule has 2 saturated heterocycles. The van der Waals surface area contributed by atoms with Crippen LogP contribution in [0.3, 0.4) is 0 Å². The Morgan fingerprint density at radius 2 is 2.00 bits per heavy atom. The van der Waals surface area contributed by atoms with Crippen LogP contribution < -0.4 is 0 Å². The lowest BCUT2D eigenvalue weighted by Gasteiger charge is -2.47. The first-order valence-electron chi connectivity index (χ1n) is 11.2. The number of piperidine rings is 1. The summed E-state index contributed by atoms with van der Waals surface area (Å²) < 4.78 is 0. The molecule has 1 amide bonds. The van der Waals surface area contributed by atoms with Crippen molar-refractivity contribution in [3.63, 3.8) is 0 Å². The smallest absolute Gasteiger partial charge is 0.236 e. The molecule has 2 aromatic rings. The Bertz CT molecular complexity index is 904. The Balaban J connectivity index is 1.20. The number of hydrogen-bond donors (Lipinski definition) is 0. The van der Waals surface area contributed by atoms with Crippen LogP contribution >= 0.6 is 0 Å². The van der Waals surface area contributed by atoms with Crippen molar-refractivity contribution in [3.8, 4) is 11.3 Å². The third-order valence-electron chi connectivity index (χ3n) is 6.95. The minimum atomic E-state index is 0.280. The van der Waals surface area contributed by atoms with E-state index in [1.165, 1.54) is 31.2 Å². The second-order valence-electron chi connectivity index (χ2n) is 8.90. The van der Waals surface area contributed by atoms with Crippen LogP contribution in [0.25, 0.3) is 11.3 Å². The van der Waals surface area contributed by atoms with E-state index in [1.54, 1.807) is 12.4 Å². The van der Waals surface area contributed by atoms with E-state index in [1.807, 2.05) is 6.07 Å². The standard InChI is InChI=1S/C23H30N6O/c1-17-3-2-4-20-14-28(9-10-29(17)20)23(30)15-27-8-7-22-18(13-27)5-6-21(26-22)19-11-24-16-25-12-19/h5-6,11-12,16-17,20H,2-4,7-10,13-15H2,1H3/t17?,20-/m0/s1. The lowest BCUT2D eigenvalue weighted by Crippen LogP contribution is -2.59. The van der Waals surface area contributed by atoms with E-state index in [2.05, 4.69) is 37.7 Å². The largest absolute Gasteiger partial charge is 0.339 e. The van der Waals surface area contributed by atoms with Gasteiger partial charge < -0.3 is 4.90 Å². The number of pyridine rings is 1. The van der Waals surface area contributed by atoms with Crippen molar-refractivity contribution < 1.29 is 4.79 Å². The molecule has 7 heteroatoms. The number of rotatable bonds is 3. The molecule has 3 aliphatic heterocycles. The zero-order valence-electron chi connectivity index (χ0n) is 17.7. The maximum Gasteiger partial charge on any atom is 0.236 e. The minimum absolute atomic E-state index is 0.280. The van der Waals surface area contributed by atoms with Gasteiger partial charge in [-0.15, -0.1) is 0 Å². The molecule has 2 fully saturated rings. The van der Waals surface area contributed by atoms with Gasteiger partial charge in [-0.25, -0.2) is 9.97 Å².